The number of aliphatic hydroxyl groups is 5. The minimum atomic E-state index is -1.86. The van der Waals surface area contributed by atoms with Gasteiger partial charge in [-0.25, -0.2) is 4.79 Å². The highest BCUT2D eigenvalue weighted by molar-refractivity contribution is 5.73. The van der Waals surface area contributed by atoms with Crippen LogP contribution in [0, 0.1) is 24.7 Å². The molecule has 0 radical (unpaired) electrons. The van der Waals surface area contributed by atoms with E-state index >= 15 is 0 Å². The van der Waals surface area contributed by atoms with E-state index in [0.29, 0.717) is 44.3 Å². The summed E-state index contributed by atoms with van der Waals surface area (Å²) in [6.07, 6.45) is -7.74. The highest BCUT2D eigenvalue weighted by Crippen LogP contribution is 2.41. The van der Waals surface area contributed by atoms with Gasteiger partial charge in [0.2, 0.25) is 0 Å². The molecule has 0 aliphatic carbocycles. The number of nitrogens with one attached hydrogen (secondary N) is 1. The lowest BCUT2D eigenvalue weighted by atomic mass is 9.77. The van der Waals surface area contributed by atoms with Crippen LogP contribution in [0.25, 0.3) is 10.4 Å². The Bertz CT molecular complexity index is 2260. The van der Waals surface area contributed by atoms with Gasteiger partial charge >= 0.3 is 17.6 Å². The van der Waals surface area contributed by atoms with Gasteiger partial charge in [0, 0.05) is 67.6 Å². The molecule has 4 aliphatic heterocycles. The van der Waals surface area contributed by atoms with Gasteiger partial charge in [0.15, 0.2) is 12.6 Å². The third-order valence-electron chi connectivity index (χ3n) is 16.8. The van der Waals surface area contributed by atoms with E-state index < -0.39 is 144 Å². The summed E-state index contributed by atoms with van der Waals surface area (Å²) >= 11 is 0. The molecule has 1 aromatic heterocycles. The Morgan fingerprint density at radius 1 is 0.974 bits per heavy atom. The molecular weight excluding hydrogens is 1010 g/mol. The molecule has 4 aliphatic rings. The summed E-state index contributed by atoms with van der Waals surface area (Å²) in [6.45, 7) is 19.6. The smallest absolute Gasteiger partial charge is 0.330 e. The zero-order valence-corrected chi connectivity index (χ0v) is 47.8. The molecule has 5 rings (SSSR count). The number of esters is 2. The van der Waals surface area contributed by atoms with Crippen molar-refractivity contribution in [1.82, 2.24) is 19.4 Å². The van der Waals surface area contributed by atoms with Crippen molar-refractivity contribution in [3.8, 4) is 0 Å². The molecule has 0 bridgehead atoms. The number of likely N-dealkylation sites (N-methyl/N-ethyl adjacent to an activating group) is 2. The van der Waals surface area contributed by atoms with Gasteiger partial charge in [-0.05, 0) is 120 Å². The number of aryl methyl sites for hydroxylation is 1. The molecule has 0 spiro atoms. The van der Waals surface area contributed by atoms with E-state index in [1.165, 1.54) is 24.8 Å². The van der Waals surface area contributed by atoms with Crippen LogP contribution in [0.3, 0.4) is 0 Å². The van der Waals surface area contributed by atoms with Gasteiger partial charge in [-0.1, -0.05) is 32.3 Å². The zero-order chi connectivity index (χ0) is 57.5. The number of carbonyl (C=O) groups excluding carboxylic acids is 2. The lowest BCUT2D eigenvalue weighted by Gasteiger charge is -2.49. The Morgan fingerprint density at radius 2 is 1.66 bits per heavy atom. The first-order valence-corrected chi connectivity index (χ1v) is 27.4. The van der Waals surface area contributed by atoms with Crippen molar-refractivity contribution in [2.24, 2.45) is 22.9 Å². The monoisotopic (exact) mass is 1100 g/mol. The second kappa shape index (κ2) is 27.2. The Hall–Kier alpha value is -3.59. The van der Waals surface area contributed by atoms with Crippen LogP contribution in [-0.2, 0) is 47.5 Å². The highest BCUT2D eigenvalue weighted by atomic mass is 16.7. The molecule has 4 fully saturated rings. The normalized spacial score (nSPS) is 41.0. The summed E-state index contributed by atoms with van der Waals surface area (Å²) in [7, 11) is 5.19. The first-order chi connectivity index (χ1) is 36.0. The Morgan fingerprint density at radius 3 is 2.31 bits per heavy atom. The van der Waals surface area contributed by atoms with Gasteiger partial charge in [-0.2, -0.15) is 0 Å². The van der Waals surface area contributed by atoms with Crippen molar-refractivity contribution < 1.29 is 73.0 Å². The average Bonchev–Trinajstić information content (AvgIpc) is 3.77. The van der Waals surface area contributed by atoms with Crippen molar-refractivity contribution in [3.05, 3.63) is 43.0 Å². The first-order valence-electron chi connectivity index (χ1n) is 27.4. The second-order valence-corrected chi connectivity index (χ2v) is 23.3. The maximum absolute atomic E-state index is 14.5. The summed E-state index contributed by atoms with van der Waals surface area (Å²) in [5.74, 6) is -3.39. The van der Waals surface area contributed by atoms with E-state index in [1.807, 2.05) is 37.7 Å². The minimum absolute atomic E-state index is 0.0744. The predicted octanol–water partition coefficient (Wildman–Crippen LogP) is 3.20. The number of azide groups is 1. The van der Waals surface area contributed by atoms with Crippen LogP contribution < -0.4 is 11.2 Å². The van der Waals surface area contributed by atoms with Crippen LogP contribution in [0.15, 0.2) is 20.9 Å². The number of aromatic nitrogens is 2. The SMILES string of the molecule is CC[C@H]1OC(=O)[C@H](C)[C@@H](O[C@H]2C[C@@](C)(OC)[C@@H](O)[C@H](C)O2)[C@H](C)[C@@H](O[C@@H]2O[C@H](C)CC(N(C)CCCCCC(=O)OC[C@H]3O[C@@H](n4cc(C)c(=O)[nH]c4=O)C[C@@H]3N=[N+]=[N-])[C@H]2O)[C@](C)(O)C[C@@H](C)CN(C)[C@H](C)[C@@H](O)[C@]1(C)O. The Balaban J connectivity index is 1.30. The number of aliphatic hydroxyl groups excluding tert-OH is 3. The van der Waals surface area contributed by atoms with Gasteiger partial charge in [0.25, 0.3) is 5.56 Å². The molecule has 21 atom stereocenters. The third-order valence-corrected chi connectivity index (χ3v) is 16.8. The number of aromatic amines is 1. The number of carbonyl (C=O) groups is 2. The third kappa shape index (κ3) is 15.7. The van der Waals surface area contributed by atoms with E-state index in [-0.39, 0.29) is 44.6 Å². The molecule has 440 valence electrons. The van der Waals surface area contributed by atoms with E-state index in [0.717, 1.165) is 0 Å². The Kier molecular flexibility index (Phi) is 22.7. The van der Waals surface area contributed by atoms with E-state index in [4.69, 9.17) is 43.4 Å². The fourth-order valence-corrected chi connectivity index (χ4v) is 11.9. The van der Waals surface area contributed by atoms with Crippen molar-refractivity contribution in [3.63, 3.8) is 0 Å². The second-order valence-electron chi connectivity index (χ2n) is 23.3. The summed E-state index contributed by atoms with van der Waals surface area (Å²) in [5.41, 5.74) is 3.64. The van der Waals surface area contributed by atoms with Gasteiger partial charge in [-0.3, -0.25) is 23.9 Å². The molecule has 6 N–H and O–H groups in total. The number of ether oxygens (including phenoxy) is 8. The van der Waals surface area contributed by atoms with Crippen LogP contribution in [-0.4, -0.2) is 200 Å². The number of rotatable bonds is 17. The molecule has 0 amide bonds. The van der Waals surface area contributed by atoms with E-state index in [2.05, 4.69) is 15.0 Å². The van der Waals surface area contributed by atoms with Gasteiger partial charge in [0.1, 0.15) is 49.0 Å². The van der Waals surface area contributed by atoms with Crippen LogP contribution in [0.4, 0.5) is 0 Å². The molecule has 1 aromatic rings. The van der Waals surface area contributed by atoms with Crippen LogP contribution in [0.1, 0.15) is 139 Å². The van der Waals surface area contributed by atoms with Crippen molar-refractivity contribution in [2.45, 2.75) is 243 Å². The van der Waals surface area contributed by atoms with E-state index in [9.17, 15) is 44.7 Å². The quantitative estimate of drug-likeness (QED) is 0.0429. The molecular formula is C53H91N7O17. The van der Waals surface area contributed by atoms with E-state index in [1.54, 1.807) is 55.4 Å². The maximum atomic E-state index is 14.5. The topological polar surface area (TPSA) is 319 Å². The molecule has 24 heteroatoms. The predicted molar refractivity (Wildman–Crippen MR) is 280 cm³/mol. The lowest BCUT2D eigenvalue weighted by molar-refractivity contribution is -0.318. The number of methoxy groups -OCH3 is 1. The van der Waals surface area contributed by atoms with Crippen molar-refractivity contribution in [1.29, 1.82) is 0 Å². The average molecular weight is 1100 g/mol. The fraction of sp³-hybridized carbons (Fsp3) is 0.887. The first kappa shape index (κ1) is 64.2. The zero-order valence-electron chi connectivity index (χ0n) is 47.8. The molecule has 24 nitrogen and oxygen atoms in total. The number of H-pyrrole nitrogens is 1. The molecule has 0 saturated carbocycles. The number of cyclic esters (lactones) is 1. The van der Waals surface area contributed by atoms with Crippen LogP contribution in [0.5, 0.6) is 0 Å². The van der Waals surface area contributed by atoms with Gasteiger partial charge < -0.3 is 73.2 Å². The number of nitrogens with zero attached hydrogens (tertiary/aromatic N) is 6. The highest BCUT2D eigenvalue weighted by Gasteiger charge is 2.53. The lowest BCUT2D eigenvalue weighted by Crippen LogP contribution is -2.60. The van der Waals surface area contributed by atoms with Gasteiger partial charge in [0.05, 0.1) is 47.6 Å². The minimum Gasteiger partial charge on any atom is -0.463 e. The summed E-state index contributed by atoms with van der Waals surface area (Å²) in [4.78, 5) is 60.8. The molecule has 5 heterocycles. The number of hydrogen-bond donors (Lipinski definition) is 6. The molecule has 77 heavy (non-hydrogen) atoms. The summed E-state index contributed by atoms with van der Waals surface area (Å²) in [5, 5.41) is 63.4. The van der Waals surface area contributed by atoms with Crippen molar-refractivity contribution in [2.75, 3.05) is 40.9 Å². The Labute approximate surface area is 452 Å². The molecule has 4 saturated heterocycles. The fourth-order valence-electron chi connectivity index (χ4n) is 11.9. The van der Waals surface area contributed by atoms with Crippen molar-refractivity contribution >= 4 is 11.9 Å². The van der Waals surface area contributed by atoms with Crippen LogP contribution >= 0.6 is 0 Å². The van der Waals surface area contributed by atoms with Gasteiger partial charge in [-0.15, -0.1) is 0 Å². The summed E-state index contributed by atoms with van der Waals surface area (Å²) < 4.78 is 50.9. The largest absolute Gasteiger partial charge is 0.463 e. The standard InChI is InChI=1S/C53H91N7O17/c1-15-38-53(11,69)44(63)33(7)59(13)25-28(2)23-51(9,68)46(31(5)43(32(6)48(66)75-38)76-41-24-52(10,70-14)45(64)34(8)73-41)77-49-42(62)36(21-30(4)72-49)58(12)20-18-16-17-19-40(61)71-27-37-35(56-57-54)22-39(74-37)60-26-29(3)47(65)55-50(60)67/h26,28,30-39,41-46,49,62-64,68-69H,15-25,27H2,1-14H3,(H,55,65,67)/t28-,30-,31+,32-,33-,34+,35+,36?,37-,38-,39-,41+,42-,43+,44-,45+,46-,49+,51-,52-,53-/m1/s1. The maximum Gasteiger partial charge on any atom is 0.330 e. The van der Waals surface area contributed by atoms with Crippen LogP contribution in [0.2, 0.25) is 0 Å². The number of unbranched alkanes of at least 4 members (excludes halogenated alkanes) is 2. The summed E-state index contributed by atoms with van der Waals surface area (Å²) in [6, 6.07) is -1.78. The molecule has 1 unspecified atom stereocenters. The molecule has 0 aromatic carbocycles. The number of hydrogen-bond acceptors (Lipinski definition) is 20.